The molecule has 3 atom stereocenters. The molecule has 3 rings (SSSR count). The summed E-state index contributed by atoms with van der Waals surface area (Å²) in [6.45, 7) is -0.293. The number of amides is 1. The van der Waals surface area contributed by atoms with Gasteiger partial charge in [-0.05, 0) is 55.2 Å². The van der Waals surface area contributed by atoms with Gasteiger partial charge in [0.2, 0.25) is 0 Å². The normalized spacial score (nSPS) is 25.4. The van der Waals surface area contributed by atoms with Gasteiger partial charge in [-0.25, -0.2) is 0 Å². The second kappa shape index (κ2) is 7.10. The van der Waals surface area contributed by atoms with Crippen molar-refractivity contribution in [2.75, 3.05) is 11.9 Å². The molecule has 2 fully saturated rings. The van der Waals surface area contributed by atoms with Gasteiger partial charge in [0.1, 0.15) is 0 Å². The van der Waals surface area contributed by atoms with E-state index in [1.807, 2.05) is 0 Å². The summed E-state index contributed by atoms with van der Waals surface area (Å²) in [7, 11) is 0. The van der Waals surface area contributed by atoms with Crippen LogP contribution in [-0.4, -0.2) is 18.5 Å². The van der Waals surface area contributed by atoms with Crippen LogP contribution in [0.15, 0.2) is 18.2 Å². The van der Waals surface area contributed by atoms with Gasteiger partial charge in [0.15, 0.2) is 6.61 Å². The first-order valence-electron chi connectivity index (χ1n) is 7.92. The van der Waals surface area contributed by atoms with Crippen molar-refractivity contribution in [3.05, 3.63) is 28.2 Å². The van der Waals surface area contributed by atoms with Gasteiger partial charge < -0.3 is 10.1 Å². The van der Waals surface area contributed by atoms with E-state index >= 15 is 0 Å². The van der Waals surface area contributed by atoms with E-state index in [0.717, 1.165) is 12.3 Å². The number of anilines is 1. The molecule has 1 aromatic carbocycles. The van der Waals surface area contributed by atoms with Gasteiger partial charge in [-0.15, -0.1) is 0 Å². The van der Waals surface area contributed by atoms with Crippen LogP contribution in [0.1, 0.15) is 32.1 Å². The van der Waals surface area contributed by atoms with E-state index in [2.05, 4.69) is 5.32 Å². The average Bonchev–Trinajstić information content (AvgIpc) is 3.11. The molecule has 0 aliphatic heterocycles. The van der Waals surface area contributed by atoms with Crippen molar-refractivity contribution < 1.29 is 14.3 Å². The monoisotopic (exact) mass is 355 g/mol. The van der Waals surface area contributed by atoms with Crippen LogP contribution in [0.4, 0.5) is 5.69 Å². The van der Waals surface area contributed by atoms with Crippen LogP contribution < -0.4 is 5.32 Å². The second-order valence-electron chi connectivity index (χ2n) is 6.47. The number of benzene rings is 1. The first-order chi connectivity index (χ1) is 11.0. The zero-order valence-electron chi connectivity index (χ0n) is 12.7. The molecule has 0 spiro atoms. The van der Waals surface area contributed by atoms with Crippen molar-refractivity contribution in [3.8, 4) is 0 Å². The minimum absolute atomic E-state index is 0.292. The Morgan fingerprint density at radius 1 is 1.22 bits per heavy atom. The third-order valence-electron chi connectivity index (χ3n) is 4.88. The zero-order valence-corrected chi connectivity index (χ0v) is 14.2. The number of hydrogen-bond acceptors (Lipinski definition) is 3. The molecule has 0 saturated heterocycles. The van der Waals surface area contributed by atoms with E-state index in [0.29, 0.717) is 34.0 Å². The Bertz CT molecular complexity index is 620. The van der Waals surface area contributed by atoms with Gasteiger partial charge in [-0.3, -0.25) is 9.59 Å². The van der Waals surface area contributed by atoms with Crippen molar-refractivity contribution >= 4 is 40.8 Å². The van der Waals surface area contributed by atoms with Crippen molar-refractivity contribution in [3.63, 3.8) is 0 Å². The second-order valence-corrected chi connectivity index (χ2v) is 7.32. The van der Waals surface area contributed by atoms with Crippen LogP contribution in [-0.2, 0) is 14.3 Å². The summed E-state index contributed by atoms with van der Waals surface area (Å²) < 4.78 is 5.09. The Hall–Kier alpha value is -1.26. The number of halogens is 2. The number of ether oxygens (including phenoxy) is 1. The summed E-state index contributed by atoms with van der Waals surface area (Å²) in [5, 5.41) is 3.44. The minimum Gasteiger partial charge on any atom is -0.456 e. The summed E-state index contributed by atoms with van der Waals surface area (Å²) in [5.41, 5.74) is 0.449. The van der Waals surface area contributed by atoms with E-state index in [9.17, 15) is 9.59 Å². The number of hydrogen-bond donors (Lipinski definition) is 1. The fourth-order valence-electron chi connectivity index (χ4n) is 3.82. The van der Waals surface area contributed by atoms with Gasteiger partial charge >= 0.3 is 5.97 Å². The Labute approximate surface area is 145 Å². The fraction of sp³-hybridized carbons (Fsp3) is 0.529. The van der Waals surface area contributed by atoms with E-state index in [1.165, 1.54) is 19.3 Å². The van der Waals surface area contributed by atoms with E-state index in [4.69, 9.17) is 27.9 Å². The molecule has 4 nitrogen and oxygen atoms in total. The number of carbonyl (C=O) groups is 2. The molecule has 0 heterocycles. The topological polar surface area (TPSA) is 55.4 Å². The van der Waals surface area contributed by atoms with Gasteiger partial charge in [-0.2, -0.15) is 0 Å². The zero-order chi connectivity index (χ0) is 16.4. The van der Waals surface area contributed by atoms with E-state index in [1.54, 1.807) is 18.2 Å². The highest BCUT2D eigenvalue weighted by Crippen LogP contribution is 2.49. The lowest BCUT2D eigenvalue weighted by molar-refractivity contribution is -0.148. The van der Waals surface area contributed by atoms with E-state index in [-0.39, 0.29) is 12.6 Å². The maximum atomic E-state index is 11.9. The van der Waals surface area contributed by atoms with Gasteiger partial charge in [0.05, 0.1) is 10.7 Å². The third kappa shape index (κ3) is 4.18. The lowest BCUT2D eigenvalue weighted by Crippen LogP contribution is -2.23. The predicted molar refractivity (Wildman–Crippen MR) is 89.6 cm³/mol. The number of rotatable bonds is 5. The molecule has 0 unspecified atom stereocenters. The maximum Gasteiger partial charge on any atom is 0.306 e. The number of esters is 1. The number of fused-ring (bicyclic) bond motifs is 2. The van der Waals surface area contributed by atoms with Crippen molar-refractivity contribution in [2.24, 2.45) is 17.8 Å². The SMILES string of the molecule is O=C(COC(=O)C[C@H]1C[C@H]2CC[C@H]1C2)Nc1ccc(Cl)cc1Cl. The lowest BCUT2D eigenvalue weighted by Gasteiger charge is -2.20. The Kier molecular flexibility index (Phi) is 5.12. The fourth-order valence-corrected chi connectivity index (χ4v) is 4.28. The molecule has 1 N–H and O–H groups in total. The van der Waals surface area contributed by atoms with Gasteiger partial charge in [0, 0.05) is 11.4 Å². The standard InChI is InChI=1S/C17H19Cl2NO3/c18-13-3-4-15(14(19)8-13)20-16(21)9-23-17(22)7-12-6-10-1-2-11(12)5-10/h3-4,8,10-12H,1-2,5-7,9H2,(H,20,21)/t10-,11-,12+/m0/s1. The molecular weight excluding hydrogens is 337 g/mol. The maximum absolute atomic E-state index is 11.9. The first kappa shape index (κ1) is 16.6. The molecular formula is C17H19Cl2NO3. The van der Waals surface area contributed by atoms with Crippen LogP contribution in [0.2, 0.25) is 10.0 Å². The number of carbonyl (C=O) groups excluding carboxylic acids is 2. The molecule has 0 radical (unpaired) electrons. The highest BCUT2D eigenvalue weighted by Gasteiger charge is 2.40. The van der Waals surface area contributed by atoms with Crippen molar-refractivity contribution in [2.45, 2.75) is 32.1 Å². The number of nitrogens with one attached hydrogen (secondary N) is 1. The molecule has 0 aromatic heterocycles. The smallest absolute Gasteiger partial charge is 0.306 e. The third-order valence-corrected chi connectivity index (χ3v) is 5.43. The Balaban J connectivity index is 1.42. The minimum atomic E-state index is -0.407. The molecule has 2 aliphatic carbocycles. The Morgan fingerprint density at radius 3 is 2.70 bits per heavy atom. The molecule has 6 heteroatoms. The Morgan fingerprint density at radius 2 is 2.04 bits per heavy atom. The molecule has 2 aliphatic rings. The predicted octanol–water partition coefficient (Wildman–Crippen LogP) is 4.30. The van der Waals surface area contributed by atoms with Crippen LogP contribution in [0.3, 0.4) is 0 Å². The highest BCUT2D eigenvalue weighted by atomic mass is 35.5. The van der Waals surface area contributed by atoms with Crippen LogP contribution in [0, 0.1) is 17.8 Å². The summed E-state index contributed by atoms with van der Waals surface area (Å²) in [4.78, 5) is 23.7. The molecule has 1 amide bonds. The van der Waals surface area contributed by atoms with Crippen LogP contribution >= 0.6 is 23.2 Å². The summed E-state index contributed by atoms with van der Waals surface area (Å²) in [6, 6.07) is 4.78. The molecule has 2 saturated carbocycles. The van der Waals surface area contributed by atoms with Gasteiger partial charge in [0.25, 0.3) is 5.91 Å². The lowest BCUT2D eigenvalue weighted by atomic mass is 9.86. The summed E-state index contributed by atoms with van der Waals surface area (Å²) >= 11 is 11.8. The quantitative estimate of drug-likeness (QED) is 0.801. The van der Waals surface area contributed by atoms with Crippen LogP contribution in [0.25, 0.3) is 0 Å². The van der Waals surface area contributed by atoms with Crippen molar-refractivity contribution in [1.82, 2.24) is 0 Å². The molecule has 23 heavy (non-hydrogen) atoms. The average molecular weight is 356 g/mol. The largest absolute Gasteiger partial charge is 0.456 e. The highest BCUT2D eigenvalue weighted by molar-refractivity contribution is 6.36. The first-order valence-corrected chi connectivity index (χ1v) is 8.67. The molecule has 2 bridgehead atoms. The van der Waals surface area contributed by atoms with Crippen LogP contribution in [0.5, 0.6) is 0 Å². The summed E-state index contributed by atoms with van der Waals surface area (Å²) in [5.74, 6) is 1.22. The summed E-state index contributed by atoms with van der Waals surface area (Å²) in [6.07, 6.45) is 5.36. The van der Waals surface area contributed by atoms with Gasteiger partial charge in [-0.1, -0.05) is 29.6 Å². The van der Waals surface area contributed by atoms with E-state index < -0.39 is 5.91 Å². The molecule has 124 valence electrons. The van der Waals surface area contributed by atoms with Crippen molar-refractivity contribution in [1.29, 1.82) is 0 Å². The molecule has 1 aromatic rings.